The van der Waals surface area contributed by atoms with Gasteiger partial charge in [0.2, 0.25) is 5.91 Å². The predicted molar refractivity (Wildman–Crippen MR) is 136 cm³/mol. The predicted octanol–water partition coefficient (Wildman–Crippen LogP) is 3.59. The lowest BCUT2D eigenvalue weighted by Crippen LogP contribution is -2.45. The van der Waals surface area contributed by atoms with Gasteiger partial charge >= 0.3 is 0 Å². The fourth-order valence-electron chi connectivity index (χ4n) is 4.93. The topological polar surface area (TPSA) is 75.2 Å². The lowest BCUT2D eigenvalue weighted by molar-refractivity contribution is -0.135. The number of carbonyl (C=O) groups is 1. The molecule has 0 radical (unpaired) electrons. The number of guanidine groups is 1. The van der Waals surface area contributed by atoms with Crippen LogP contribution in [0.2, 0.25) is 0 Å². The Morgan fingerprint density at radius 1 is 1.24 bits per heavy atom. The monoisotopic (exact) mass is 574 g/mol. The van der Waals surface area contributed by atoms with Gasteiger partial charge in [-0.25, -0.2) is 4.39 Å². The summed E-state index contributed by atoms with van der Waals surface area (Å²) in [7, 11) is 0. The zero-order valence-electron chi connectivity index (χ0n) is 19.4. The fraction of sp³-hybridized carbons (Fsp3) is 0.667. The number of nitrogens with zero attached hydrogens (tertiary/aromatic N) is 2. The van der Waals surface area contributed by atoms with Gasteiger partial charge in [0, 0.05) is 43.7 Å². The Balaban J connectivity index is 0.00000306. The summed E-state index contributed by atoms with van der Waals surface area (Å²) in [6.45, 7) is 5.38. The Morgan fingerprint density at radius 2 is 2.06 bits per heavy atom. The Kier molecular flexibility index (Phi) is 10.0. The van der Waals surface area contributed by atoms with Gasteiger partial charge in [0.15, 0.2) is 12.8 Å². The van der Waals surface area contributed by atoms with Crippen LogP contribution in [0.15, 0.2) is 17.1 Å². The van der Waals surface area contributed by atoms with Crippen LogP contribution in [0.4, 0.5) is 4.39 Å². The molecule has 1 unspecified atom stereocenters. The zero-order valence-corrected chi connectivity index (χ0v) is 21.7. The maximum atomic E-state index is 14.0. The molecule has 1 saturated heterocycles. The maximum Gasteiger partial charge on any atom is 0.225 e. The van der Waals surface area contributed by atoms with E-state index in [2.05, 4.69) is 10.6 Å². The van der Waals surface area contributed by atoms with Crippen LogP contribution in [0.5, 0.6) is 5.75 Å². The molecule has 9 heteroatoms. The second-order valence-electron chi connectivity index (χ2n) is 8.92. The van der Waals surface area contributed by atoms with Crippen molar-refractivity contribution in [1.82, 2.24) is 15.5 Å². The number of hydrogen-bond donors (Lipinski definition) is 2. The number of amides is 1. The molecule has 4 rings (SSSR count). The maximum absolute atomic E-state index is 14.0. The summed E-state index contributed by atoms with van der Waals surface area (Å²) in [6, 6.07) is 3.18. The number of fused-ring (bicyclic) bond motifs is 1. The number of likely N-dealkylation sites (tertiary alicyclic amines) is 1. The molecule has 1 amide bonds. The summed E-state index contributed by atoms with van der Waals surface area (Å²) < 4.78 is 24.8. The van der Waals surface area contributed by atoms with Gasteiger partial charge in [-0.3, -0.25) is 9.79 Å². The summed E-state index contributed by atoms with van der Waals surface area (Å²) >= 11 is 0. The number of rotatable bonds is 6. The number of hydrogen-bond acceptors (Lipinski definition) is 4. The van der Waals surface area contributed by atoms with Crippen LogP contribution in [0.25, 0.3) is 0 Å². The number of ether oxygens (including phenoxy) is 2. The van der Waals surface area contributed by atoms with Crippen molar-refractivity contribution in [3.8, 4) is 5.75 Å². The molecule has 3 aliphatic rings. The Bertz CT molecular complexity index is 832. The van der Waals surface area contributed by atoms with Crippen molar-refractivity contribution >= 4 is 35.8 Å². The number of nitrogens with one attached hydrogen (secondary N) is 2. The molecule has 33 heavy (non-hydrogen) atoms. The van der Waals surface area contributed by atoms with E-state index in [1.54, 1.807) is 0 Å². The number of halogens is 2. The molecule has 1 aromatic carbocycles. The van der Waals surface area contributed by atoms with Crippen LogP contribution in [0.3, 0.4) is 0 Å². The molecule has 184 valence electrons. The van der Waals surface area contributed by atoms with Crippen LogP contribution in [-0.2, 0) is 22.6 Å². The highest BCUT2D eigenvalue weighted by Crippen LogP contribution is 2.30. The van der Waals surface area contributed by atoms with Gasteiger partial charge in [0.05, 0.1) is 6.61 Å². The molecule has 1 aliphatic carbocycles. The zero-order chi connectivity index (χ0) is 22.3. The number of benzene rings is 1. The molecule has 0 spiro atoms. The van der Waals surface area contributed by atoms with E-state index in [4.69, 9.17) is 14.5 Å². The second-order valence-corrected chi connectivity index (χ2v) is 8.92. The van der Waals surface area contributed by atoms with Gasteiger partial charge < -0.3 is 25.0 Å². The van der Waals surface area contributed by atoms with Crippen LogP contribution < -0.4 is 15.4 Å². The van der Waals surface area contributed by atoms with Crippen molar-refractivity contribution in [2.45, 2.75) is 64.5 Å². The normalized spacial score (nSPS) is 21.1. The molecule has 1 atom stereocenters. The van der Waals surface area contributed by atoms with Gasteiger partial charge in [-0.15, -0.1) is 24.0 Å². The molecule has 7 nitrogen and oxygen atoms in total. The Labute approximate surface area is 212 Å². The van der Waals surface area contributed by atoms with E-state index in [0.29, 0.717) is 25.5 Å². The van der Waals surface area contributed by atoms with Crippen LogP contribution in [-0.4, -0.2) is 55.8 Å². The molecule has 0 bridgehead atoms. The van der Waals surface area contributed by atoms with Crippen LogP contribution >= 0.6 is 24.0 Å². The SMILES string of the molecule is CCNC(=NCCc1cc(F)cc2c1OCOC2)NC1CCN(C(=O)C2CCCCC2)C1.I. The van der Waals surface area contributed by atoms with E-state index in [1.807, 2.05) is 11.8 Å². The smallest absolute Gasteiger partial charge is 0.225 e. The van der Waals surface area contributed by atoms with Crippen LogP contribution in [0.1, 0.15) is 56.6 Å². The molecular formula is C24H36FIN4O3. The molecule has 1 saturated carbocycles. The third-order valence-electron chi connectivity index (χ3n) is 6.54. The molecular weight excluding hydrogens is 538 g/mol. The van der Waals surface area contributed by atoms with Crippen molar-refractivity contribution in [3.05, 3.63) is 29.1 Å². The molecule has 0 aromatic heterocycles. The van der Waals surface area contributed by atoms with Crippen molar-refractivity contribution < 1.29 is 18.7 Å². The van der Waals surface area contributed by atoms with E-state index in [9.17, 15) is 9.18 Å². The molecule has 2 aliphatic heterocycles. The van der Waals surface area contributed by atoms with Gasteiger partial charge in [0.1, 0.15) is 11.6 Å². The first-order chi connectivity index (χ1) is 15.6. The first-order valence-corrected chi connectivity index (χ1v) is 12.0. The third-order valence-corrected chi connectivity index (χ3v) is 6.54. The highest BCUT2D eigenvalue weighted by Gasteiger charge is 2.31. The molecule has 2 N–H and O–H groups in total. The highest BCUT2D eigenvalue weighted by molar-refractivity contribution is 14.0. The minimum Gasteiger partial charge on any atom is -0.467 e. The lowest BCUT2D eigenvalue weighted by atomic mass is 9.88. The minimum absolute atomic E-state index is 0. The fourth-order valence-corrected chi connectivity index (χ4v) is 4.93. The summed E-state index contributed by atoms with van der Waals surface area (Å²) in [5.41, 5.74) is 1.56. The second kappa shape index (κ2) is 12.7. The number of carbonyl (C=O) groups excluding carboxylic acids is 1. The van der Waals surface area contributed by atoms with Gasteiger partial charge in [-0.05, 0) is 50.3 Å². The minimum atomic E-state index is -0.282. The Morgan fingerprint density at radius 3 is 2.85 bits per heavy atom. The summed E-state index contributed by atoms with van der Waals surface area (Å²) in [4.78, 5) is 19.5. The van der Waals surface area contributed by atoms with E-state index in [0.717, 1.165) is 61.7 Å². The summed E-state index contributed by atoms with van der Waals surface area (Å²) in [5, 5.41) is 6.77. The summed E-state index contributed by atoms with van der Waals surface area (Å²) in [5.74, 6) is 1.72. The highest BCUT2D eigenvalue weighted by atomic mass is 127. The standard InChI is InChI=1S/C24H35FN4O3.HI/c1-2-26-24(27-10-8-18-12-20(25)13-19-15-31-16-32-22(18)19)28-21-9-11-29(14-21)23(30)17-6-4-3-5-7-17;/h12-13,17,21H,2-11,14-16H2,1H3,(H2,26,27,28);1H. The lowest BCUT2D eigenvalue weighted by Gasteiger charge is -2.26. The van der Waals surface area contributed by atoms with Gasteiger partial charge in [-0.2, -0.15) is 0 Å². The van der Waals surface area contributed by atoms with E-state index < -0.39 is 0 Å². The van der Waals surface area contributed by atoms with Gasteiger partial charge in [-0.1, -0.05) is 19.3 Å². The number of aliphatic imine (C=N–C) groups is 1. The van der Waals surface area contributed by atoms with Crippen molar-refractivity contribution in [1.29, 1.82) is 0 Å². The van der Waals surface area contributed by atoms with Crippen molar-refractivity contribution in [2.75, 3.05) is 33.0 Å². The quantitative estimate of drug-likeness (QED) is 0.309. The largest absolute Gasteiger partial charge is 0.467 e. The first-order valence-electron chi connectivity index (χ1n) is 12.0. The van der Waals surface area contributed by atoms with Crippen LogP contribution in [0, 0.1) is 11.7 Å². The molecule has 1 aromatic rings. The average molecular weight is 574 g/mol. The summed E-state index contributed by atoms with van der Waals surface area (Å²) in [6.07, 6.45) is 7.19. The van der Waals surface area contributed by atoms with Crippen molar-refractivity contribution in [3.63, 3.8) is 0 Å². The van der Waals surface area contributed by atoms with E-state index >= 15 is 0 Å². The molecule has 2 fully saturated rings. The third kappa shape index (κ3) is 6.94. The average Bonchev–Trinajstić information content (AvgIpc) is 3.27. The first kappa shape index (κ1) is 26.0. The van der Waals surface area contributed by atoms with Gasteiger partial charge in [0.25, 0.3) is 0 Å². The van der Waals surface area contributed by atoms with Crippen molar-refractivity contribution in [2.24, 2.45) is 10.9 Å². The molecule has 2 heterocycles. The van der Waals surface area contributed by atoms with E-state index in [1.165, 1.54) is 31.4 Å². The van der Waals surface area contributed by atoms with E-state index in [-0.39, 0.29) is 48.5 Å². The Hall–Kier alpha value is -1.62.